The molecule has 4 aliphatic heterocycles. The largest absolute Gasteiger partial charge is 0.310 e. The van der Waals surface area contributed by atoms with Gasteiger partial charge in [-0.15, -0.1) is 0 Å². The smallest absolute Gasteiger partial charge is 0.253 e. The molecule has 3 saturated heterocycles. The number of benzene rings is 3. The van der Waals surface area contributed by atoms with E-state index in [1.807, 2.05) is 73.7 Å². The predicted octanol–water partition coefficient (Wildman–Crippen LogP) is 3.69. The second-order valence-corrected chi connectivity index (χ2v) is 9.75. The Labute approximate surface area is 197 Å². The van der Waals surface area contributed by atoms with Gasteiger partial charge in [0.25, 0.3) is 5.91 Å². The highest BCUT2D eigenvalue weighted by atomic mass is 16.2. The lowest BCUT2D eigenvalue weighted by molar-refractivity contribution is -0.137. The maximum atomic E-state index is 14.3. The minimum Gasteiger partial charge on any atom is -0.310 e. The fourth-order valence-electron chi connectivity index (χ4n) is 7.30. The summed E-state index contributed by atoms with van der Waals surface area (Å²) in [4.78, 5) is 47.9. The van der Waals surface area contributed by atoms with Crippen LogP contribution in [-0.2, 0) is 19.9 Å². The fourth-order valence-corrected chi connectivity index (χ4v) is 7.30. The van der Waals surface area contributed by atoms with Crippen molar-refractivity contribution in [3.05, 3.63) is 72.3 Å². The third-order valence-electron chi connectivity index (χ3n) is 8.47. The maximum absolute atomic E-state index is 14.3. The summed E-state index contributed by atoms with van der Waals surface area (Å²) in [7, 11) is 0. The van der Waals surface area contributed by atoms with Crippen molar-refractivity contribution in [1.29, 1.82) is 0 Å². The molecule has 6 nitrogen and oxygen atoms in total. The molecule has 0 N–H and O–H groups in total. The summed E-state index contributed by atoms with van der Waals surface area (Å²) < 4.78 is 0. The van der Waals surface area contributed by atoms with Crippen LogP contribution in [0.1, 0.15) is 25.3 Å². The Kier molecular flexibility index (Phi) is 3.96. The SMILES string of the molecule is CCN1C(=O)[C@]2(c3ccccc31)[C@@H]1C(=O)N(c3cccc4ccccc34)C(=O)[C@H]1[C@@H]1CCCN12. The number of hydrogen-bond donors (Lipinski definition) is 0. The summed E-state index contributed by atoms with van der Waals surface area (Å²) in [5.41, 5.74) is 1.26. The highest BCUT2D eigenvalue weighted by Crippen LogP contribution is 2.62. The van der Waals surface area contributed by atoms with Gasteiger partial charge in [-0.2, -0.15) is 0 Å². The first-order valence-corrected chi connectivity index (χ1v) is 12.1. The first-order chi connectivity index (χ1) is 16.6. The average molecular weight is 452 g/mol. The van der Waals surface area contributed by atoms with Crippen LogP contribution < -0.4 is 9.80 Å². The van der Waals surface area contributed by atoms with E-state index in [0.29, 0.717) is 12.2 Å². The second-order valence-electron chi connectivity index (χ2n) is 9.75. The number of carbonyl (C=O) groups excluding carboxylic acids is 3. The van der Waals surface area contributed by atoms with E-state index in [4.69, 9.17) is 0 Å². The molecular formula is C28H25N3O3. The number of amides is 3. The summed E-state index contributed by atoms with van der Waals surface area (Å²) in [6.07, 6.45) is 1.75. The van der Waals surface area contributed by atoms with Crippen molar-refractivity contribution in [2.45, 2.75) is 31.3 Å². The van der Waals surface area contributed by atoms with Gasteiger partial charge in [-0.25, -0.2) is 4.90 Å². The molecule has 170 valence electrons. The van der Waals surface area contributed by atoms with E-state index < -0.39 is 17.4 Å². The molecule has 3 fully saturated rings. The molecule has 3 aromatic rings. The van der Waals surface area contributed by atoms with Crippen molar-refractivity contribution in [3.63, 3.8) is 0 Å². The normalized spacial score (nSPS) is 30.0. The number of imide groups is 1. The van der Waals surface area contributed by atoms with Crippen LogP contribution in [0, 0.1) is 11.8 Å². The van der Waals surface area contributed by atoms with Crippen LogP contribution in [0.15, 0.2) is 66.7 Å². The van der Waals surface area contributed by atoms with Crippen LogP contribution in [0.3, 0.4) is 0 Å². The molecule has 4 aliphatic rings. The Morgan fingerprint density at radius 2 is 1.62 bits per heavy atom. The quantitative estimate of drug-likeness (QED) is 0.558. The van der Waals surface area contributed by atoms with Gasteiger partial charge in [-0.05, 0) is 43.8 Å². The van der Waals surface area contributed by atoms with Crippen molar-refractivity contribution in [2.24, 2.45) is 11.8 Å². The topological polar surface area (TPSA) is 60.9 Å². The summed E-state index contributed by atoms with van der Waals surface area (Å²) in [5.74, 6) is -1.70. The maximum Gasteiger partial charge on any atom is 0.253 e. The van der Waals surface area contributed by atoms with Crippen LogP contribution >= 0.6 is 0 Å². The molecule has 6 heteroatoms. The number of para-hydroxylation sites is 1. The zero-order chi connectivity index (χ0) is 23.2. The van der Waals surface area contributed by atoms with Crippen molar-refractivity contribution in [3.8, 4) is 0 Å². The minimum absolute atomic E-state index is 0.0588. The number of rotatable bonds is 2. The zero-order valence-corrected chi connectivity index (χ0v) is 19.0. The summed E-state index contributed by atoms with van der Waals surface area (Å²) >= 11 is 0. The van der Waals surface area contributed by atoms with Gasteiger partial charge in [0.05, 0.1) is 17.5 Å². The highest BCUT2D eigenvalue weighted by molar-refractivity contribution is 6.28. The molecule has 3 aromatic carbocycles. The lowest BCUT2D eigenvalue weighted by atomic mass is 9.75. The molecule has 0 saturated carbocycles. The number of carbonyl (C=O) groups is 3. The van der Waals surface area contributed by atoms with Gasteiger partial charge in [0.15, 0.2) is 0 Å². The predicted molar refractivity (Wildman–Crippen MR) is 129 cm³/mol. The fraction of sp³-hybridized carbons (Fsp3) is 0.321. The van der Waals surface area contributed by atoms with Gasteiger partial charge in [0, 0.05) is 29.2 Å². The Morgan fingerprint density at radius 3 is 2.47 bits per heavy atom. The number of fused-ring (bicyclic) bond motifs is 8. The van der Waals surface area contributed by atoms with E-state index >= 15 is 0 Å². The first-order valence-electron chi connectivity index (χ1n) is 12.1. The van der Waals surface area contributed by atoms with Gasteiger partial charge in [0.1, 0.15) is 5.54 Å². The molecule has 0 radical (unpaired) electrons. The van der Waals surface area contributed by atoms with Crippen LogP contribution in [0.2, 0.25) is 0 Å². The molecule has 4 heterocycles. The standard InChI is InChI=1S/C28H25N3O3/c1-2-29-21-13-6-5-12-19(21)28(27(29)34)24-23(22-15-8-16-30(22)28)25(32)31(26(24)33)20-14-7-10-17-9-3-4-11-18(17)20/h3-7,9-14,22-24H,2,8,15-16H2,1H3/t22-,23-,24-,28-/m0/s1. The van der Waals surface area contributed by atoms with E-state index in [2.05, 4.69) is 4.90 Å². The van der Waals surface area contributed by atoms with Gasteiger partial charge in [0.2, 0.25) is 11.8 Å². The molecule has 1 spiro atoms. The molecule has 34 heavy (non-hydrogen) atoms. The highest BCUT2D eigenvalue weighted by Gasteiger charge is 2.75. The van der Waals surface area contributed by atoms with E-state index in [1.54, 1.807) is 4.90 Å². The Hall–Kier alpha value is -3.51. The monoisotopic (exact) mass is 451 g/mol. The summed E-state index contributed by atoms with van der Waals surface area (Å²) in [6.45, 7) is 3.22. The molecular weight excluding hydrogens is 426 g/mol. The van der Waals surface area contributed by atoms with Gasteiger partial charge >= 0.3 is 0 Å². The molecule has 0 aliphatic carbocycles. The Balaban J connectivity index is 1.46. The minimum atomic E-state index is -1.11. The van der Waals surface area contributed by atoms with E-state index in [9.17, 15) is 14.4 Å². The van der Waals surface area contributed by atoms with Crippen molar-refractivity contribution in [2.75, 3.05) is 22.9 Å². The van der Waals surface area contributed by atoms with E-state index in [1.165, 1.54) is 4.90 Å². The molecule has 0 unspecified atom stereocenters. The first kappa shape index (κ1) is 19.9. The van der Waals surface area contributed by atoms with Crippen molar-refractivity contribution in [1.82, 2.24) is 4.90 Å². The van der Waals surface area contributed by atoms with Crippen molar-refractivity contribution >= 4 is 39.9 Å². The molecule has 7 rings (SSSR count). The molecule has 0 bridgehead atoms. The Bertz CT molecular complexity index is 1400. The molecule has 4 atom stereocenters. The third-order valence-corrected chi connectivity index (χ3v) is 8.47. The van der Waals surface area contributed by atoms with Crippen molar-refractivity contribution < 1.29 is 14.4 Å². The van der Waals surface area contributed by atoms with E-state index in [-0.39, 0.29) is 23.8 Å². The van der Waals surface area contributed by atoms with E-state index in [0.717, 1.165) is 41.4 Å². The number of hydrogen-bond acceptors (Lipinski definition) is 4. The lowest BCUT2D eigenvalue weighted by Gasteiger charge is -2.37. The summed E-state index contributed by atoms with van der Waals surface area (Å²) in [5, 5.41) is 1.85. The van der Waals surface area contributed by atoms with Gasteiger partial charge in [-0.3, -0.25) is 19.3 Å². The number of nitrogens with zero attached hydrogens (tertiary/aromatic N) is 3. The number of anilines is 2. The van der Waals surface area contributed by atoms with Crippen LogP contribution in [0.25, 0.3) is 10.8 Å². The zero-order valence-electron chi connectivity index (χ0n) is 19.0. The van der Waals surface area contributed by atoms with Crippen LogP contribution in [-0.4, -0.2) is 41.8 Å². The van der Waals surface area contributed by atoms with Gasteiger partial charge in [-0.1, -0.05) is 54.6 Å². The van der Waals surface area contributed by atoms with Crippen LogP contribution in [0.4, 0.5) is 11.4 Å². The van der Waals surface area contributed by atoms with Gasteiger partial charge < -0.3 is 4.90 Å². The summed E-state index contributed by atoms with van der Waals surface area (Å²) in [6, 6.07) is 21.3. The lowest BCUT2D eigenvalue weighted by Crippen LogP contribution is -2.56. The van der Waals surface area contributed by atoms with Crippen LogP contribution in [0.5, 0.6) is 0 Å². The second kappa shape index (κ2) is 6.76. The Morgan fingerprint density at radius 1 is 0.882 bits per heavy atom. The molecule has 0 aromatic heterocycles. The third kappa shape index (κ3) is 2.13. The molecule has 3 amide bonds. The number of likely N-dealkylation sites (N-methyl/N-ethyl adjacent to an activating group) is 1. The average Bonchev–Trinajstić information content (AvgIpc) is 3.56.